The van der Waals surface area contributed by atoms with Crippen molar-refractivity contribution in [3.8, 4) is 5.69 Å². The minimum atomic E-state index is -3.66. The molecule has 0 N–H and O–H groups in total. The molecule has 3 aromatic rings. The van der Waals surface area contributed by atoms with Gasteiger partial charge in [-0.05, 0) is 35.2 Å². The quantitative estimate of drug-likeness (QED) is 0.577. The fourth-order valence-electron chi connectivity index (χ4n) is 2.21. The van der Waals surface area contributed by atoms with Crippen LogP contribution in [0.4, 0.5) is 0 Å². The van der Waals surface area contributed by atoms with Crippen LogP contribution in [0.5, 0.6) is 0 Å². The number of carbonyl (C=O) groups is 1. The van der Waals surface area contributed by atoms with Crippen LogP contribution in [0, 0.1) is 0 Å². The number of esters is 1. The van der Waals surface area contributed by atoms with Gasteiger partial charge in [0, 0.05) is 19.4 Å². The van der Waals surface area contributed by atoms with Gasteiger partial charge in [-0.3, -0.25) is 4.79 Å². The van der Waals surface area contributed by atoms with Gasteiger partial charge < -0.3 is 4.74 Å². The largest absolute Gasteiger partial charge is 0.460 e. The van der Waals surface area contributed by atoms with Crippen LogP contribution >= 0.6 is 11.3 Å². The van der Waals surface area contributed by atoms with Gasteiger partial charge in [0.1, 0.15) is 17.4 Å². The average Bonchev–Trinajstić information content (AvgIpc) is 3.34. The van der Waals surface area contributed by atoms with Gasteiger partial charge in [-0.1, -0.05) is 18.2 Å². The number of hydrogen-bond donors (Lipinski definition) is 0. The van der Waals surface area contributed by atoms with Crippen LogP contribution in [-0.2, 0) is 26.2 Å². The third-order valence-corrected chi connectivity index (χ3v) is 6.79. The molecule has 0 aliphatic carbocycles. The van der Waals surface area contributed by atoms with Crippen molar-refractivity contribution in [3.05, 3.63) is 65.8 Å². The minimum absolute atomic E-state index is 0.0745. The lowest BCUT2D eigenvalue weighted by Gasteiger charge is -2.15. The predicted octanol–water partition coefficient (Wildman–Crippen LogP) is 2.30. The number of likely N-dealkylation sites (N-methyl/N-ethyl adjacent to an activating group) is 1. The topological polar surface area (TPSA) is 81.5 Å². The molecule has 0 spiro atoms. The molecule has 0 aliphatic rings. The Morgan fingerprint density at radius 1 is 1.23 bits per heavy atom. The molecular formula is C17H17N3O4S2. The number of benzene rings is 1. The van der Waals surface area contributed by atoms with Crippen LogP contribution in [0.25, 0.3) is 5.69 Å². The third kappa shape index (κ3) is 4.18. The van der Waals surface area contributed by atoms with Gasteiger partial charge in [-0.2, -0.15) is 9.40 Å². The number of nitrogens with zero attached hydrogens (tertiary/aromatic N) is 3. The van der Waals surface area contributed by atoms with Crippen molar-refractivity contribution in [1.82, 2.24) is 14.1 Å². The number of sulfonamides is 1. The van der Waals surface area contributed by atoms with Crippen LogP contribution in [0.1, 0.15) is 5.56 Å². The Kier molecular flexibility index (Phi) is 5.50. The van der Waals surface area contributed by atoms with Crippen molar-refractivity contribution < 1.29 is 17.9 Å². The molecule has 26 heavy (non-hydrogen) atoms. The molecule has 136 valence electrons. The van der Waals surface area contributed by atoms with E-state index in [-0.39, 0.29) is 17.4 Å². The summed E-state index contributed by atoms with van der Waals surface area (Å²) in [5.74, 6) is -0.608. The monoisotopic (exact) mass is 391 g/mol. The first-order valence-corrected chi connectivity index (χ1v) is 10.0. The van der Waals surface area contributed by atoms with Crippen molar-refractivity contribution in [2.75, 3.05) is 13.6 Å². The predicted molar refractivity (Wildman–Crippen MR) is 97.5 cm³/mol. The van der Waals surface area contributed by atoms with Crippen LogP contribution in [0.2, 0.25) is 0 Å². The summed E-state index contributed by atoms with van der Waals surface area (Å²) in [6, 6.07) is 12.4. The van der Waals surface area contributed by atoms with Gasteiger partial charge in [0.2, 0.25) is 0 Å². The van der Waals surface area contributed by atoms with Crippen molar-refractivity contribution in [2.24, 2.45) is 0 Å². The average molecular weight is 391 g/mol. The molecule has 0 bridgehead atoms. The summed E-state index contributed by atoms with van der Waals surface area (Å²) in [7, 11) is -2.31. The number of rotatable bonds is 7. The normalized spacial score (nSPS) is 11.6. The summed E-state index contributed by atoms with van der Waals surface area (Å²) in [6.45, 7) is -0.267. The molecule has 2 aromatic heterocycles. The molecule has 1 aromatic carbocycles. The van der Waals surface area contributed by atoms with Gasteiger partial charge in [0.15, 0.2) is 0 Å². The third-order valence-electron chi connectivity index (χ3n) is 3.62. The Balaban J connectivity index is 1.54. The maximum absolute atomic E-state index is 12.3. The highest BCUT2D eigenvalue weighted by molar-refractivity contribution is 7.91. The summed E-state index contributed by atoms with van der Waals surface area (Å²) in [4.78, 5) is 12.0. The maximum atomic E-state index is 12.3. The van der Waals surface area contributed by atoms with E-state index >= 15 is 0 Å². The van der Waals surface area contributed by atoms with Crippen LogP contribution < -0.4 is 0 Å². The number of carbonyl (C=O) groups excluding carboxylic acids is 1. The number of aromatic nitrogens is 2. The number of thiophene rings is 1. The lowest BCUT2D eigenvalue weighted by Crippen LogP contribution is -2.32. The van der Waals surface area contributed by atoms with E-state index in [0.29, 0.717) is 0 Å². The Bertz CT molecular complexity index is 950. The highest BCUT2D eigenvalue weighted by Crippen LogP contribution is 2.19. The Labute approximate surface area is 155 Å². The molecule has 0 unspecified atom stereocenters. The summed E-state index contributed by atoms with van der Waals surface area (Å²) >= 11 is 1.11. The fraction of sp³-hybridized carbons (Fsp3) is 0.176. The Morgan fingerprint density at radius 3 is 2.62 bits per heavy atom. The van der Waals surface area contributed by atoms with Crippen molar-refractivity contribution >= 4 is 27.3 Å². The molecule has 0 atom stereocenters. The lowest BCUT2D eigenvalue weighted by atomic mass is 10.2. The second kappa shape index (κ2) is 7.81. The zero-order valence-electron chi connectivity index (χ0n) is 14.0. The molecule has 3 rings (SSSR count). The molecule has 0 aliphatic heterocycles. The highest BCUT2D eigenvalue weighted by Gasteiger charge is 2.24. The van der Waals surface area contributed by atoms with E-state index in [9.17, 15) is 13.2 Å². The second-order valence-corrected chi connectivity index (χ2v) is 8.69. The Morgan fingerprint density at radius 2 is 2.00 bits per heavy atom. The van der Waals surface area contributed by atoms with E-state index in [4.69, 9.17) is 4.74 Å². The van der Waals surface area contributed by atoms with E-state index in [1.165, 1.54) is 13.1 Å². The molecule has 0 saturated carbocycles. The zero-order valence-corrected chi connectivity index (χ0v) is 15.6. The number of ether oxygens (including phenoxy) is 1. The molecule has 7 nitrogen and oxygen atoms in total. The molecule has 0 fully saturated rings. The first-order valence-electron chi connectivity index (χ1n) is 7.71. The summed E-state index contributed by atoms with van der Waals surface area (Å²) in [6.07, 6.45) is 3.52. The molecule has 0 radical (unpaired) electrons. The second-order valence-electron chi connectivity index (χ2n) is 5.47. The van der Waals surface area contributed by atoms with Crippen molar-refractivity contribution in [2.45, 2.75) is 10.8 Å². The van der Waals surface area contributed by atoms with Crippen LogP contribution in [-0.4, -0.2) is 42.1 Å². The van der Waals surface area contributed by atoms with E-state index in [2.05, 4.69) is 5.10 Å². The number of hydrogen-bond acceptors (Lipinski definition) is 6. The summed E-state index contributed by atoms with van der Waals surface area (Å²) < 4.78 is 32.6. The van der Waals surface area contributed by atoms with E-state index in [1.54, 1.807) is 22.3 Å². The smallest absolute Gasteiger partial charge is 0.321 e. The van der Waals surface area contributed by atoms with Gasteiger partial charge in [0.05, 0.1) is 5.69 Å². The Hall–Kier alpha value is -2.49. The zero-order chi connectivity index (χ0) is 18.6. The minimum Gasteiger partial charge on any atom is -0.460 e. The maximum Gasteiger partial charge on any atom is 0.321 e. The van der Waals surface area contributed by atoms with Gasteiger partial charge in [-0.15, -0.1) is 11.3 Å². The fourth-order valence-corrected chi connectivity index (χ4v) is 4.52. The SMILES string of the molecule is CN(CC(=O)OCc1ccc(-n2cccn2)cc1)S(=O)(=O)c1cccs1. The van der Waals surface area contributed by atoms with Crippen molar-refractivity contribution in [1.29, 1.82) is 0 Å². The summed E-state index contributed by atoms with van der Waals surface area (Å²) in [5, 5.41) is 5.81. The molecule has 0 amide bonds. The van der Waals surface area contributed by atoms with E-state index < -0.39 is 16.0 Å². The van der Waals surface area contributed by atoms with Gasteiger partial charge in [-0.25, -0.2) is 13.1 Å². The van der Waals surface area contributed by atoms with Crippen molar-refractivity contribution in [3.63, 3.8) is 0 Å². The van der Waals surface area contributed by atoms with E-state index in [1.807, 2.05) is 36.5 Å². The van der Waals surface area contributed by atoms with Gasteiger partial charge in [0.25, 0.3) is 10.0 Å². The molecule has 9 heteroatoms. The van der Waals surface area contributed by atoms with Gasteiger partial charge >= 0.3 is 5.97 Å². The lowest BCUT2D eigenvalue weighted by molar-refractivity contribution is -0.144. The molecular weight excluding hydrogens is 374 g/mol. The standard InChI is InChI=1S/C17H17N3O4S2/c1-19(26(22,23)17-4-2-11-25-17)12-16(21)24-13-14-5-7-15(8-6-14)20-10-3-9-18-20/h2-11H,12-13H2,1H3. The van der Waals surface area contributed by atoms with E-state index in [0.717, 1.165) is 26.9 Å². The molecule has 2 heterocycles. The first kappa shape index (κ1) is 18.3. The highest BCUT2D eigenvalue weighted by atomic mass is 32.2. The molecule has 0 saturated heterocycles. The first-order chi connectivity index (χ1) is 12.5. The summed E-state index contributed by atoms with van der Waals surface area (Å²) in [5.41, 5.74) is 1.70. The van der Waals surface area contributed by atoms with Crippen LogP contribution in [0.3, 0.4) is 0 Å². The van der Waals surface area contributed by atoms with Crippen LogP contribution in [0.15, 0.2) is 64.4 Å².